The molecule has 1 rings (SSSR count). The van der Waals surface area contributed by atoms with Crippen LogP contribution in [-0.2, 0) is 0 Å². The smallest absolute Gasteiger partial charge is 0.251 e. The number of rotatable bonds is 5. The quantitative estimate of drug-likeness (QED) is 0.862. The molecule has 1 aromatic carbocycles. The summed E-state index contributed by atoms with van der Waals surface area (Å²) >= 11 is 0. The van der Waals surface area contributed by atoms with Crippen molar-refractivity contribution in [3.63, 3.8) is 0 Å². The summed E-state index contributed by atoms with van der Waals surface area (Å²) in [4.78, 5) is 11.9. The average molecular weight is 281 g/mol. The minimum absolute atomic E-state index is 0.133. The Morgan fingerprint density at radius 2 is 1.95 bits per heavy atom. The van der Waals surface area contributed by atoms with E-state index in [1.54, 1.807) is 24.3 Å². The topological polar surface area (TPSA) is 66.0 Å². The molecule has 20 heavy (non-hydrogen) atoms. The Morgan fingerprint density at radius 3 is 2.40 bits per heavy atom. The molecule has 4 nitrogen and oxygen atoms in total. The van der Waals surface area contributed by atoms with Crippen LogP contribution in [-0.4, -0.2) is 24.6 Å². The number of quaternary nitrogens is 1. The molecule has 1 amide bonds. The van der Waals surface area contributed by atoms with Crippen molar-refractivity contribution in [1.82, 2.24) is 5.32 Å². The molecule has 0 heterocycles. The van der Waals surface area contributed by atoms with Gasteiger partial charge >= 0.3 is 0 Å². The Labute approximate surface area is 118 Å². The standard InChI is InChI=1S/C15H21FN2O2/c1-15(2,3)18-14(19)12-4-6-13(7-5-12)20-10-11(8-16)9-17/h4-8H,9-10,17H2,1-3H3,(H,18,19)/p+1/b11-8+. The Bertz CT molecular complexity index is 476. The second kappa shape index (κ2) is 7.05. The third-order valence-corrected chi connectivity index (χ3v) is 2.50. The number of hydrogen-bond acceptors (Lipinski definition) is 2. The zero-order valence-corrected chi connectivity index (χ0v) is 12.2. The number of halogens is 1. The van der Waals surface area contributed by atoms with E-state index in [-0.39, 0.29) is 18.1 Å². The first-order valence-corrected chi connectivity index (χ1v) is 6.48. The predicted molar refractivity (Wildman–Crippen MR) is 76.1 cm³/mol. The van der Waals surface area contributed by atoms with Gasteiger partial charge in [0.15, 0.2) is 0 Å². The summed E-state index contributed by atoms with van der Waals surface area (Å²) < 4.78 is 17.8. The molecule has 0 radical (unpaired) electrons. The molecule has 0 aliphatic heterocycles. The van der Waals surface area contributed by atoms with E-state index >= 15 is 0 Å². The van der Waals surface area contributed by atoms with E-state index in [1.807, 2.05) is 20.8 Å². The molecule has 0 aliphatic carbocycles. The summed E-state index contributed by atoms with van der Waals surface area (Å²) in [5.41, 5.74) is 4.37. The first kappa shape index (κ1) is 16.2. The van der Waals surface area contributed by atoms with Crippen LogP contribution >= 0.6 is 0 Å². The molecule has 0 saturated heterocycles. The molecule has 1 aromatic rings. The fraction of sp³-hybridized carbons (Fsp3) is 0.400. The third-order valence-electron chi connectivity index (χ3n) is 2.50. The van der Waals surface area contributed by atoms with Crippen molar-refractivity contribution in [2.24, 2.45) is 0 Å². The van der Waals surface area contributed by atoms with Gasteiger partial charge in [-0.05, 0) is 45.0 Å². The second-order valence-electron chi connectivity index (χ2n) is 5.53. The number of benzene rings is 1. The molecular formula is C15H22FN2O2+. The number of amides is 1. The predicted octanol–water partition coefficient (Wildman–Crippen LogP) is 1.69. The summed E-state index contributed by atoms with van der Waals surface area (Å²) in [6.45, 7) is 6.29. The van der Waals surface area contributed by atoms with Crippen molar-refractivity contribution in [3.05, 3.63) is 41.7 Å². The maximum atomic E-state index is 12.4. The van der Waals surface area contributed by atoms with Crippen LogP contribution in [0.2, 0.25) is 0 Å². The number of ether oxygens (including phenoxy) is 1. The summed E-state index contributed by atoms with van der Waals surface area (Å²) in [6, 6.07) is 6.74. The van der Waals surface area contributed by atoms with Gasteiger partial charge in [-0.15, -0.1) is 0 Å². The van der Waals surface area contributed by atoms with Crippen LogP contribution < -0.4 is 15.8 Å². The van der Waals surface area contributed by atoms with Gasteiger partial charge in [0.05, 0.1) is 6.33 Å². The highest BCUT2D eigenvalue weighted by Crippen LogP contribution is 2.14. The van der Waals surface area contributed by atoms with Crippen LogP contribution in [0.15, 0.2) is 36.2 Å². The van der Waals surface area contributed by atoms with Crippen molar-refractivity contribution in [2.75, 3.05) is 13.2 Å². The molecule has 5 heteroatoms. The monoisotopic (exact) mass is 281 g/mol. The minimum Gasteiger partial charge on any atom is -0.489 e. The third kappa shape index (κ3) is 5.40. The number of carbonyl (C=O) groups excluding carboxylic acids is 1. The molecule has 0 atom stereocenters. The fourth-order valence-corrected chi connectivity index (χ4v) is 1.45. The molecule has 0 bridgehead atoms. The van der Waals surface area contributed by atoms with Crippen molar-refractivity contribution in [3.8, 4) is 5.75 Å². The molecule has 0 saturated carbocycles. The molecule has 0 aromatic heterocycles. The van der Waals surface area contributed by atoms with Gasteiger partial charge in [-0.1, -0.05) is 0 Å². The van der Waals surface area contributed by atoms with Crippen LogP contribution in [0.1, 0.15) is 31.1 Å². The number of carbonyl (C=O) groups is 1. The zero-order valence-electron chi connectivity index (χ0n) is 12.2. The van der Waals surface area contributed by atoms with Gasteiger partial charge in [0, 0.05) is 16.7 Å². The van der Waals surface area contributed by atoms with E-state index in [0.29, 0.717) is 29.8 Å². The first-order chi connectivity index (χ1) is 9.35. The van der Waals surface area contributed by atoms with Gasteiger partial charge in [-0.2, -0.15) is 0 Å². The SMILES string of the molecule is CC(C)(C)NC(=O)c1ccc(OC/C(=C/F)C[NH3+])cc1. The van der Waals surface area contributed by atoms with E-state index in [2.05, 4.69) is 11.1 Å². The van der Waals surface area contributed by atoms with E-state index in [0.717, 1.165) is 0 Å². The lowest BCUT2D eigenvalue weighted by Gasteiger charge is -2.20. The second-order valence-corrected chi connectivity index (χ2v) is 5.53. The Morgan fingerprint density at radius 1 is 1.35 bits per heavy atom. The van der Waals surface area contributed by atoms with E-state index in [4.69, 9.17) is 4.74 Å². The van der Waals surface area contributed by atoms with Crippen LogP contribution in [0.5, 0.6) is 5.75 Å². The molecule has 0 unspecified atom stereocenters. The van der Waals surface area contributed by atoms with Crippen LogP contribution in [0.25, 0.3) is 0 Å². The summed E-state index contributed by atoms with van der Waals surface area (Å²) in [5, 5.41) is 2.88. The Balaban J connectivity index is 2.63. The molecule has 0 spiro atoms. The highest BCUT2D eigenvalue weighted by molar-refractivity contribution is 5.94. The zero-order chi connectivity index (χ0) is 15.2. The van der Waals surface area contributed by atoms with Gasteiger partial charge < -0.3 is 15.8 Å². The number of hydrogen-bond donors (Lipinski definition) is 2. The Kier molecular flexibility index (Phi) is 5.70. The summed E-state index contributed by atoms with van der Waals surface area (Å²) in [7, 11) is 0. The highest BCUT2D eigenvalue weighted by Gasteiger charge is 2.15. The number of nitrogens with one attached hydrogen (secondary N) is 1. The van der Waals surface area contributed by atoms with Gasteiger partial charge in [0.25, 0.3) is 5.91 Å². The van der Waals surface area contributed by atoms with Gasteiger partial charge in [-0.25, -0.2) is 4.39 Å². The maximum absolute atomic E-state index is 12.4. The van der Waals surface area contributed by atoms with Crippen LogP contribution in [0.4, 0.5) is 4.39 Å². The molecule has 110 valence electrons. The lowest BCUT2D eigenvalue weighted by Crippen LogP contribution is -2.51. The minimum atomic E-state index is -0.277. The Hall–Kier alpha value is -1.88. The van der Waals surface area contributed by atoms with Crippen LogP contribution in [0.3, 0.4) is 0 Å². The average Bonchev–Trinajstić information content (AvgIpc) is 2.38. The van der Waals surface area contributed by atoms with Crippen molar-refractivity contribution < 1.29 is 19.7 Å². The highest BCUT2D eigenvalue weighted by atomic mass is 19.1. The lowest BCUT2D eigenvalue weighted by atomic mass is 10.1. The molecule has 4 N–H and O–H groups in total. The van der Waals surface area contributed by atoms with E-state index < -0.39 is 0 Å². The molecule has 0 fully saturated rings. The van der Waals surface area contributed by atoms with Crippen molar-refractivity contribution in [1.29, 1.82) is 0 Å². The van der Waals surface area contributed by atoms with Gasteiger partial charge in [0.2, 0.25) is 0 Å². The van der Waals surface area contributed by atoms with Crippen molar-refractivity contribution >= 4 is 5.91 Å². The van der Waals surface area contributed by atoms with E-state index in [1.165, 1.54) is 0 Å². The molecule has 0 aliphatic rings. The van der Waals surface area contributed by atoms with E-state index in [9.17, 15) is 9.18 Å². The summed E-state index contributed by atoms with van der Waals surface area (Å²) in [5.74, 6) is 0.455. The normalized spacial score (nSPS) is 12.2. The van der Waals surface area contributed by atoms with Crippen molar-refractivity contribution in [2.45, 2.75) is 26.3 Å². The first-order valence-electron chi connectivity index (χ1n) is 6.48. The molecular weight excluding hydrogens is 259 g/mol. The van der Waals surface area contributed by atoms with Gasteiger partial charge in [-0.3, -0.25) is 4.79 Å². The summed E-state index contributed by atoms with van der Waals surface area (Å²) in [6.07, 6.45) is 0.512. The maximum Gasteiger partial charge on any atom is 0.251 e. The lowest BCUT2D eigenvalue weighted by molar-refractivity contribution is -0.356. The fourth-order valence-electron chi connectivity index (χ4n) is 1.45. The van der Waals surface area contributed by atoms with Gasteiger partial charge in [0.1, 0.15) is 18.9 Å². The largest absolute Gasteiger partial charge is 0.489 e. The van der Waals surface area contributed by atoms with Crippen LogP contribution in [0, 0.1) is 0 Å².